The lowest BCUT2D eigenvalue weighted by molar-refractivity contribution is 0.429. The second-order valence-corrected chi connectivity index (χ2v) is 2.28. The highest BCUT2D eigenvalue weighted by Crippen LogP contribution is 2.10. The molecule has 0 spiro atoms. The summed E-state index contributed by atoms with van der Waals surface area (Å²) < 4.78 is 0. The molecule has 0 atom stereocenters. The summed E-state index contributed by atoms with van der Waals surface area (Å²) in [5.74, 6) is 0.187. The minimum Gasteiger partial charge on any atom is -0.792 e. The van der Waals surface area contributed by atoms with Crippen molar-refractivity contribution in [2.24, 2.45) is 5.16 Å². The molecule has 0 saturated carbocycles. The van der Waals surface area contributed by atoms with Crippen LogP contribution in [0.15, 0.2) is 34.4 Å². The van der Waals surface area contributed by atoms with Gasteiger partial charge >= 0.3 is 0 Å². The number of allylic oxidation sites excluding steroid dienone is 2. The molecule has 3 nitrogen and oxygen atoms in total. The average molecular weight is 150 g/mol. The van der Waals surface area contributed by atoms with E-state index in [-0.39, 0.29) is 5.76 Å². The largest absolute Gasteiger partial charge is 0.792 e. The number of hydrogen-bond acceptors (Lipinski definition) is 3. The lowest BCUT2D eigenvalue weighted by atomic mass is 10.1. The first-order chi connectivity index (χ1) is 5.24. The minimum atomic E-state index is 0.187. The van der Waals surface area contributed by atoms with E-state index in [1.165, 1.54) is 6.08 Å². The second kappa shape index (κ2) is 3.08. The van der Waals surface area contributed by atoms with Gasteiger partial charge in [0.25, 0.3) is 0 Å². The highest BCUT2D eigenvalue weighted by Gasteiger charge is 2.01. The van der Waals surface area contributed by atoms with E-state index in [9.17, 15) is 5.21 Å². The smallest absolute Gasteiger partial charge is 0.119 e. The number of nitrogens with zero attached hydrogens (tertiary/aromatic N) is 1. The van der Waals surface area contributed by atoms with E-state index in [0.29, 0.717) is 12.1 Å². The number of hydrogen-bond donors (Lipinski definition) is 1. The zero-order valence-corrected chi connectivity index (χ0v) is 6.16. The summed E-state index contributed by atoms with van der Waals surface area (Å²) in [7, 11) is 0. The van der Waals surface area contributed by atoms with Gasteiger partial charge in [-0.1, -0.05) is 0 Å². The Hall–Kier alpha value is -1.47. The Bertz CT molecular complexity index is 280. The molecule has 58 valence electrons. The van der Waals surface area contributed by atoms with E-state index in [1.54, 1.807) is 13.0 Å². The summed E-state index contributed by atoms with van der Waals surface area (Å²) in [4.78, 5) is 0. The lowest BCUT2D eigenvalue weighted by Crippen LogP contribution is -1.97. The van der Waals surface area contributed by atoms with Crippen LogP contribution in [0.2, 0.25) is 0 Å². The molecule has 1 rings (SSSR count). The molecule has 0 aliphatic heterocycles. The van der Waals surface area contributed by atoms with Crippen LogP contribution < -0.4 is 0 Å². The third-order valence-corrected chi connectivity index (χ3v) is 1.48. The van der Waals surface area contributed by atoms with Gasteiger partial charge in [-0.3, -0.25) is 0 Å². The van der Waals surface area contributed by atoms with Crippen molar-refractivity contribution < 1.29 is 5.11 Å². The van der Waals surface area contributed by atoms with Crippen molar-refractivity contribution in [3.05, 3.63) is 34.4 Å². The van der Waals surface area contributed by atoms with Crippen molar-refractivity contribution in [3.63, 3.8) is 0 Å². The van der Waals surface area contributed by atoms with Crippen molar-refractivity contribution in [1.29, 1.82) is 0 Å². The van der Waals surface area contributed by atoms with Gasteiger partial charge in [0.1, 0.15) is 5.76 Å². The van der Waals surface area contributed by atoms with Crippen molar-refractivity contribution >= 4 is 5.71 Å². The fourth-order valence-electron chi connectivity index (χ4n) is 0.793. The first-order valence-electron chi connectivity index (χ1n) is 3.26. The lowest BCUT2D eigenvalue weighted by Gasteiger charge is -2.05. The molecular weight excluding hydrogens is 142 g/mol. The Kier molecular flexibility index (Phi) is 2.14. The summed E-state index contributed by atoms with van der Waals surface area (Å²) in [5, 5.41) is 21.7. The van der Waals surface area contributed by atoms with E-state index in [2.05, 4.69) is 10.9 Å². The molecule has 1 N–H and O–H groups in total. The van der Waals surface area contributed by atoms with Crippen LogP contribution >= 0.6 is 0 Å². The third kappa shape index (κ3) is 1.72. The Morgan fingerprint density at radius 3 is 3.00 bits per heavy atom. The van der Waals surface area contributed by atoms with Crippen LogP contribution in [0.25, 0.3) is 0 Å². The Morgan fingerprint density at radius 1 is 1.82 bits per heavy atom. The van der Waals surface area contributed by atoms with Gasteiger partial charge < -0.3 is 15.5 Å². The van der Waals surface area contributed by atoms with E-state index in [0.717, 1.165) is 5.57 Å². The molecule has 11 heavy (non-hydrogen) atoms. The zero-order valence-electron chi connectivity index (χ0n) is 6.16. The van der Waals surface area contributed by atoms with Gasteiger partial charge in [-0.15, -0.1) is 5.73 Å². The minimum absolute atomic E-state index is 0.187. The molecular formula is C8H8NO2-. The summed E-state index contributed by atoms with van der Waals surface area (Å²) in [5.41, 5.74) is 3.92. The Morgan fingerprint density at radius 2 is 2.55 bits per heavy atom. The number of aliphatic hydroxyl groups excluding tert-OH is 1. The van der Waals surface area contributed by atoms with Crippen molar-refractivity contribution in [3.8, 4) is 0 Å². The molecule has 0 heterocycles. The van der Waals surface area contributed by atoms with Gasteiger partial charge in [0.2, 0.25) is 0 Å². The SMILES string of the molecule is CC(=N[O-])C1=C=CC(O)=CC1. The van der Waals surface area contributed by atoms with Crippen LogP contribution in [0, 0.1) is 5.21 Å². The zero-order chi connectivity index (χ0) is 8.27. The first kappa shape index (κ1) is 7.63. The maximum absolute atomic E-state index is 10.0. The van der Waals surface area contributed by atoms with Crippen molar-refractivity contribution in [2.75, 3.05) is 0 Å². The van der Waals surface area contributed by atoms with Gasteiger partial charge in [0.15, 0.2) is 0 Å². The fourth-order valence-corrected chi connectivity index (χ4v) is 0.793. The summed E-state index contributed by atoms with van der Waals surface area (Å²) in [6.45, 7) is 1.62. The van der Waals surface area contributed by atoms with E-state index in [4.69, 9.17) is 5.11 Å². The molecule has 0 saturated heterocycles. The van der Waals surface area contributed by atoms with Gasteiger partial charge in [0.05, 0.1) is 0 Å². The predicted molar refractivity (Wildman–Crippen MR) is 43.4 cm³/mol. The van der Waals surface area contributed by atoms with Crippen molar-refractivity contribution in [1.82, 2.24) is 0 Å². The molecule has 1 aliphatic carbocycles. The predicted octanol–water partition coefficient (Wildman–Crippen LogP) is 1.87. The summed E-state index contributed by atoms with van der Waals surface area (Å²) in [6.07, 6.45) is 3.56. The molecule has 0 radical (unpaired) electrons. The number of rotatable bonds is 1. The quantitative estimate of drug-likeness (QED) is 0.352. The van der Waals surface area contributed by atoms with Crippen LogP contribution in [0.5, 0.6) is 0 Å². The van der Waals surface area contributed by atoms with E-state index < -0.39 is 0 Å². The second-order valence-electron chi connectivity index (χ2n) is 2.28. The van der Waals surface area contributed by atoms with E-state index >= 15 is 0 Å². The van der Waals surface area contributed by atoms with E-state index in [1.807, 2.05) is 0 Å². The molecule has 0 fully saturated rings. The molecule has 0 bridgehead atoms. The number of aliphatic hydroxyl groups is 1. The topological polar surface area (TPSA) is 55.7 Å². The van der Waals surface area contributed by atoms with Crippen LogP contribution in [-0.2, 0) is 0 Å². The average Bonchev–Trinajstić information content (AvgIpc) is 2.05. The maximum Gasteiger partial charge on any atom is 0.119 e. The van der Waals surface area contributed by atoms with Crippen molar-refractivity contribution in [2.45, 2.75) is 13.3 Å². The standard InChI is InChI=1S/C8H9NO2/c1-6(9-11)7-2-4-8(10)5-3-7/h4-5,10-11H,2H2,1H3/p-1. The molecule has 1 aliphatic rings. The molecule has 3 heteroatoms. The molecule has 0 unspecified atom stereocenters. The highest BCUT2D eigenvalue weighted by molar-refractivity contribution is 5.98. The molecule has 0 aromatic carbocycles. The fraction of sp³-hybridized carbons (Fsp3) is 0.250. The van der Waals surface area contributed by atoms with Gasteiger partial charge in [-0.2, -0.15) is 0 Å². The Balaban J connectivity index is 2.89. The molecule has 0 aromatic heterocycles. The van der Waals surface area contributed by atoms with Crippen LogP contribution in [0.1, 0.15) is 13.3 Å². The maximum atomic E-state index is 10.0. The monoisotopic (exact) mass is 150 g/mol. The molecule has 0 amide bonds. The first-order valence-corrected chi connectivity index (χ1v) is 3.26. The molecule has 0 aromatic rings. The summed E-state index contributed by atoms with van der Waals surface area (Å²) in [6, 6.07) is 0. The van der Waals surface area contributed by atoms with Crippen LogP contribution in [0.4, 0.5) is 0 Å². The normalized spacial score (nSPS) is 17.7. The third-order valence-electron chi connectivity index (χ3n) is 1.48. The van der Waals surface area contributed by atoms with Crippen LogP contribution in [-0.4, -0.2) is 10.8 Å². The Labute approximate surface area is 64.7 Å². The highest BCUT2D eigenvalue weighted by atomic mass is 16.4. The van der Waals surface area contributed by atoms with Gasteiger partial charge in [0, 0.05) is 23.8 Å². The summed E-state index contributed by atoms with van der Waals surface area (Å²) >= 11 is 0. The van der Waals surface area contributed by atoms with Crippen LogP contribution in [0.3, 0.4) is 0 Å². The van der Waals surface area contributed by atoms with Gasteiger partial charge in [-0.05, 0) is 13.0 Å². The van der Waals surface area contributed by atoms with Gasteiger partial charge in [-0.25, -0.2) is 0 Å².